The largest absolute Gasteiger partial charge is 0.330 e. The molecule has 0 saturated carbocycles. The van der Waals surface area contributed by atoms with E-state index in [1.54, 1.807) is 24.5 Å². The number of hydrogen-bond acceptors (Lipinski definition) is 4. The molecular formula is C12H13ClN4O2. The first-order valence-corrected chi connectivity index (χ1v) is 6.13. The van der Waals surface area contributed by atoms with Crippen molar-refractivity contribution in [2.75, 3.05) is 6.54 Å². The van der Waals surface area contributed by atoms with Crippen molar-refractivity contribution in [3.63, 3.8) is 0 Å². The molecule has 0 unspecified atom stereocenters. The third-order valence-corrected chi connectivity index (χ3v) is 3.14. The van der Waals surface area contributed by atoms with E-state index in [-0.39, 0.29) is 5.69 Å². The monoisotopic (exact) mass is 280 g/mol. The molecule has 2 aromatic rings. The van der Waals surface area contributed by atoms with E-state index < -0.39 is 4.92 Å². The normalized spacial score (nSPS) is 10.6. The van der Waals surface area contributed by atoms with Gasteiger partial charge in [-0.3, -0.25) is 10.1 Å². The maximum Gasteiger partial charge on any atom is 0.275 e. The Balaban J connectivity index is 2.37. The van der Waals surface area contributed by atoms with E-state index in [4.69, 9.17) is 17.3 Å². The van der Waals surface area contributed by atoms with Gasteiger partial charge in [0.25, 0.3) is 5.69 Å². The molecule has 7 heteroatoms. The van der Waals surface area contributed by atoms with Gasteiger partial charge in [-0.1, -0.05) is 17.7 Å². The second-order valence-corrected chi connectivity index (χ2v) is 4.41. The average Bonchev–Trinajstić information content (AvgIpc) is 2.79. The van der Waals surface area contributed by atoms with Gasteiger partial charge in [0.2, 0.25) is 0 Å². The summed E-state index contributed by atoms with van der Waals surface area (Å²) in [4.78, 5) is 14.8. The number of hydrogen-bond donors (Lipinski definition) is 1. The summed E-state index contributed by atoms with van der Waals surface area (Å²) in [6.45, 7) is 0.785. The lowest BCUT2D eigenvalue weighted by atomic mass is 10.1. The number of aromatic nitrogens is 2. The average molecular weight is 281 g/mol. The summed E-state index contributed by atoms with van der Waals surface area (Å²) in [5.74, 6) is 0.789. The van der Waals surface area contributed by atoms with Gasteiger partial charge < -0.3 is 10.3 Å². The van der Waals surface area contributed by atoms with Crippen LogP contribution in [0.1, 0.15) is 11.4 Å². The molecule has 0 aliphatic heterocycles. The third-order valence-electron chi connectivity index (χ3n) is 2.79. The summed E-state index contributed by atoms with van der Waals surface area (Å²) in [5, 5.41) is 11.4. The smallest absolute Gasteiger partial charge is 0.275 e. The van der Waals surface area contributed by atoms with Crippen LogP contribution in [0.4, 0.5) is 5.69 Å². The first-order valence-electron chi connectivity index (χ1n) is 5.75. The number of nitro benzene ring substituents is 1. The number of nitrogens with two attached hydrogens (primary N) is 1. The highest BCUT2D eigenvalue weighted by atomic mass is 35.5. The lowest BCUT2D eigenvalue weighted by Gasteiger charge is -2.09. The van der Waals surface area contributed by atoms with Crippen molar-refractivity contribution < 1.29 is 4.92 Å². The summed E-state index contributed by atoms with van der Waals surface area (Å²) in [5.41, 5.74) is 5.99. The Labute approximate surface area is 115 Å². The highest BCUT2D eigenvalue weighted by molar-refractivity contribution is 6.31. The minimum atomic E-state index is -0.430. The topological polar surface area (TPSA) is 87.0 Å². The lowest BCUT2D eigenvalue weighted by molar-refractivity contribution is -0.385. The third kappa shape index (κ3) is 2.91. The fourth-order valence-corrected chi connectivity index (χ4v) is 2.12. The van der Waals surface area contributed by atoms with Crippen LogP contribution in [0.5, 0.6) is 0 Å². The van der Waals surface area contributed by atoms with Crippen LogP contribution in [0.15, 0.2) is 30.6 Å². The van der Waals surface area contributed by atoms with Crippen molar-refractivity contribution in [3.8, 4) is 0 Å². The fraction of sp³-hybridized carbons (Fsp3) is 0.250. The number of rotatable bonds is 5. The molecule has 100 valence electrons. The van der Waals surface area contributed by atoms with E-state index in [0.717, 1.165) is 5.82 Å². The van der Waals surface area contributed by atoms with Crippen LogP contribution in [-0.4, -0.2) is 21.0 Å². The van der Waals surface area contributed by atoms with Crippen molar-refractivity contribution in [3.05, 3.63) is 57.1 Å². The van der Waals surface area contributed by atoms with E-state index in [1.165, 1.54) is 6.07 Å². The van der Waals surface area contributed by atoms with Gasteiger partial charge in [-0.05, 0) is 12.6 Å². The fourth-order valence-electron chi connectivity index (χ4n) is 1.89. The standard InChI is InChI=1S/C12H13ClN4O2/c13-10-2-1-3-11(17(18)19)9(10)8-16-7-6-15-12(16)4-5-14/h1-3,6-7H,4-5,8,14H2. The molecule has 6 nitrogen and oxygen atoms in total. The van der Waals surface area contributed by atoms with Gasteiger partial charge in [0.1, 0.15) is 5.82 Å². The SMILES string of the molecule is NCCc1nccn1Cc1c(Cl)cccc1[N+](=O)[O-]. The van der Waals surface area contributed by atoms with Gasteiger partial charge in [0.15, 0.2) is 0 Å². The lowest BCUT2D eigenvalue weighted by Crippen LogP contribution is -2.11. The van der Waals surface area contributed by atoms with E-state index >= 15 is 0 Å². The quantitative estimate of drug-likeness (QED) is 0.670. The first-order chi connectivity index (χ1) is 9.13. The number of benzene rings is 1. The van der Waals surface area contributed by atoms with Crippen LogP contribution in [0, 0.1) is 10.1 Å². The second kappa shape index (κ2) is 5.81. The molecule has 0 amide bonds. The summed E-state index contributed by atoms with van der Waals surface area (Å²) in [6, 6.07) is 4.66. The van der Waals surface area contributed by atoms with Gasteiger partial charge in [-0.25, -0.2) is 4.98 Å². The van der Waals surface area contributed by atoms with Crippen LogP contribution in [0.25, 0.3) is 0 Å². The van der Waals surface area contributed by atoms with Crippen LogP contribution in [0.2, 0.25) is 5.02 Å². The number of imidazole rings is 1. The molecule has 2 N–H and O–H groups in total. The zero-order valence-electron chi connectivity index (χ0n) is 10.1. The zero-order valence-corrected chi connectivity index (χ0v) is 10.9. The molecule has 0 spiro atoms. The van der Waals surface area contributed by atoms with Crippen molar-refractivity contribution in [2.24, 2.45) is 5.73 Å². The predicted molar refractivity (Wildman–Crippen MR) is 72.2 cm³/mol. The molecule has 19 heavy (non-hydrogen) atoms. The maximum absolute atomic E-state index is 11.0. The highest BCUT2D eigenvalue weighted by Gasteiger charge is 2.17. The van der Waals surface area contributed by atoms with Crippen LogP contribution < -0.4 is 5.73 Å². The van der Waals surface area contributed by atoms with Crippen molar-refractivity contribution >= 4 is 17.3 Å². The molecule has 0 radical (unpaired) electrons. The van der Waals surface area contributed by atoms with Gasteiger partial charge in [-0.2, -0.15) is 0 Å². The minimum Gasteiger partial charge on any atom is -0.330 e. The molecule has 0 aliphatic carbocycles. The van der Waals surface area contributed by atoms with E-state index in [9.17, 15) is 10.1 Å². The molecule has 0 aliphatic rings. The van der Waals surface area contributed by atoms with Crippen LogP contribution >= 0.6 is 11.6 Å². The van der Waals surface area contributed by atoms with Crippen LogP contribution in [0.3, 0.4) is 0 Å². The summed E-state index contributed by atoms with van der Waals surface area (Å²) in [7, 11) is 0. The predicted octanol–water partition coefficient (Wildman–Crippen LogP) is 1.99. The molecule has 0 saturated heterocycles. The second-order valence-electron chi connectivity index (χ2n) is 4.00. The Hall–Kier alpha value is -1.92. The Bertz CT molecular complexity index is 597. The zero-order chi connectivity index (χ0) is 13.8. The molecule has 1 aromatic carbocycles. The first kappa shape index (κ1) is 13.5. The van der Waals surface area contributed by atoms with Gasteiger partial charge in [-0.15, -0.1) is 0 Å². The maximum atomic E-state index is 11.0. The van der Waals surface area contributed by atoms with Gasteiger partial charge in [0, 0.05) is 24.9 Å². The Morgan fingerprint density at radius 1 is 1.47 bits per heavy atom. The molecule has 1 heterocycles. The Morgan fingerprint density at radius 2 is 2.26 bits per heavy atom. The number of nitrogens with zero attached hydrogens (tertiary/aromatic N) is 3. The summed E-state index contributed by atoms with van der Waals surface area (Å²) in [6.07, 6.45) is 4.02. The highest BCUT2D eigenvalue weighted by Crippen LogP contribution is 2.27. The molecule has 2 rings (SSSR count). The molecular weight excluding hydrogens is 268 g/mol. The number of nitro groups is 1. The summed E-state index contributed by atoms with van der Waals surface area (Å²) >= 11 is 6.06. The van der Waals surface area contributed by atoms with Gasteiger partial charge in [0.05, 0.1) is 22.1 Å². The molecule has 1 aromatic heterocycles. The molecule has 0 fully saturated rings. The van der Waals surface area contributed by atoms with E-state index in [0.29, 0.717) is 30.1 Å². The van der Waals surface area contributed by atoms with Crippen LogP contribution in [-0.2, 0) is 13.0 Å². The van der Waals surface area contributed by atoms with E-state index in [2.05, 4.69) is 4.98 Å². The van der Waals surface area contributed by atoms with Gasteiger partial charge >= 0.3 is 0 Å². The van der Waals surface area contributed by atoms with E-state index in [1.807, 2.05) is 4.57 Å². The Kier molecular flexibility index (Phi) is 4.13. The summed E-state index contributed by atoms with van der Waals surface area (Å²) < 4.78 is 1.82. The molecule has 0 atom stereocenters. The minimum absolute atomic E-state index is 0.0138. The molecule has 0 bridgehead atoms. The number of halogens is 1. The van der Waals surface area contributed by atoms with Crippen molar-refractivity contribution in [1.82, 2.24) is 9.55 Å². The van der Waals surface area contributed by atoms with Crippen molar-refractivity contribution in [1.29, 1.82) is 0 Å². The van der Waals surface area contributed by atoms with Crippen molar-refractivity contribution in [2.45, 2.75) is 13.0 Å². The Morgan fingerprint density at radius 3 is 2.95 bits per heavy atom.